The van der Waals surface area contributed by atoms with Gasteiger partial charge in [-0.15, -0.1) is 0 Å². The predicted octanol–water partition coefficient (Wildman–Crippen LogP) is 1.63. The fourth-order valence-corrected chi connectivity index (χ4v) is 1.65. The minimum atomic E-state index is -0.965. The van der Waals surface area contributed by atoms with Crippen LogP contribution in [0.5, 0.6) is 5.75 Å². The summed E-state index contributed by atoms with van der Waals surface area (Å²) in [4.78, 5) is 10.4. The van der Waals surface area contributed by atoms with E-state index in [0.29, 0.717) is 10.0 Å². The second kappa shape index (κ2) is 4.43. The number of carboxylic acid groups (broad SMARTS) is 1. The minimum Gasteiger partial charge on any atom is -0.508 e. The van der Waals surface area contributed by atoms with Crippen molar-refractivity contribution in [3.63, 3.8) is 0 Å². The molecule has 0 saturated heterocycles. The summed E-state index contributed by atoms with van der Waals surface area (Å²) in [6, 6.07) is 3.97. The van der Waals surface area contributed by atoms with Gasteiger partial charge in [-0.05, 0) is 23.8 Å². The average Bonchev–Trinajstić information content (AvgIpc) is 2.08. The molecule has 0 aliphatic rings. The first-order chi connectivity index (χ1) is 6.50. The van der Waals surface area contributed by atoms with E-state index in [4.69, 9.17) is 10.8 Å². The number of phenols is 1. The molecule has 0 saturated carbocycles. The molecule has 1 rings (SSSR count). The molecule has 1 aromatic rings. The van der Waals surface area contributed by atoms with E-state index in [1.165, 1.54) is 12.1 Å². The summed E-state index contributed by atoms with van der Waals surface area (Å²) in [5.74, 6) is -0.892. The molecule has 0 radical (unpaired) electrons. The van der Waals surface area contributed by atoms with Crippen LogP contribution in [-0.2, 0) is 4.79 Å². The van der Waals surface area contributed by atoms with Crippen molar-refractivity contribution < 1.29 is 15.0 Å². The van der Waals surface area contributed by atoms with Gasteiger partial charge >= 0.3 is 5.97 Å². The normalized spacial score (nSPS) is 12.4. The van der Waals surface area contributed by atoms with Crippen molar-refractivity contribution in [1.29, 1.82) is 0 Å². The lowest BCUT2D eigenvalue weighted by Gasteiger charge is -2.11. The Morgan fingerprint density at radius 1 is 1.57 bits per heavy atom. The topological polar surface area (TPSA) is 83.6 Å². The third-order valence-electron chi connectivity index (χ3n) is 1.77. The van der Waals surface area contributed by atoms with E-state index < -0.39 is 12.0 Å². The maximum Gasteiger partial charge on any atom is 0.305 e. The van der Waals surface area contributed by atoms with Crippen LogP contribution in [0.3, 0.4) is 0 Å². The van der Waals surface area contributed by atoms with E-state index in [2.05, 4.69) is 15.9 Å². The molecule has 1 aromatic carbocycles. The van der Waals surface area contributed by atoms with E-state index in [1.54, 1.807) is 6.07 Å². The summed E-state index contributed by atoms with van der Waals surface area (Å²) in [7, 11) is 0. The van der Waals surface area contributed by atoms with Crippen molar-refractivity contribution in [3.05, 3.63) is 28.2 Å². The molecule has 0 aromatic heterocycles. The Labute approximate surface area is 89.5 Å². The zero-order valence-corrected chi connectivity index (χ0v) is 8.86. The largest absolute Gasteiger partial charge is 0.508 e. The molecule has 0 aliphatic heterocycles. The van der Waals surface area contributed by atoms with E-state index in [0.717, 1.165) is 0 Å². The number of nitrogens with two attached hydrogens (primary N) is 1. The molecule has 0 aliphatic carbocycles. The molecule has 1 atom stereocenters. The Balaban J connectivity index is 2.93. The number of phenolic OH excluding ortho intramolecular Hbond substituents is 1. The van der Waals surface area contributed by atoms with Gasteiger partial charge in [-0.25, -0.2) is 0 Å². The number of hydrogen-bond donors (Lipinski definition) is 3. The van der Waals surface area contributed by atoms with E-state index >= 15 is 0 Å². The molecule has 76 valence electrons. The van der Waals surface area contributed by atoms with E-state index in [-0.39, 0.29) is 12.2 Å². The Morgan fingerprint density at radius 2 is 2.21 bits per heavy atom. The number of benzene rings is 1. The molecular formula is C9H10BrNO3. The molecule has 4 nitrogen and oxygen atoms in total. The van der Waals surface area contributed by atoms with Gasteiger partial charge in [0.15, 0.2) is 0 Å². The first-order valence-corrected chi connectivity index (χ1v) is 4.76. The summed E-state index contributed by atoms with van der Waals surface area (Å²) in [6.45, 7) is 0. The highest BCUT2D eigenvalue weighted by molar-refractivity contribution is 9.10. The Hall–Kier alpha value is -1.07. The van der Waals surface area contributed by atoms with Gasteiger partial charge in [0.1, 0.15) is 5.75 Å². The zero-order chi connectivity index (χ0) is 10.7. The fraction of sp³-hybridized carbons (Fsp3) is 0.222. The van der Waals surface area contributed by atoms with Gasteiger partial charge in [-0.1, -0.05) is 15.9 Å². The van der Waals surface area contributed by atoms with Crippen LogP contribution in [0.25, 0.3) is 0 Å². The van der Waals surface area contributed by atoms with Crippen LogP contribution >= 0.6 is 15.9 Å². The molecule has 0 heterocycles. The highest BCUT2D eigenvalue weighted by atomic mass is 79.9. The van der Waals surface area contributed by atoms with Crippen molar-refractivity contribution in [2.24, 2.45) is 5.73 Å². The van der Waals surface area contributed by atoms with Crippen molar-refractivity contribution in [2.75, 3.05) is 0 Å². The second-order valence-corrected chi connectivity index (χ2v) is 3.76. The molecule has 5 heteroatoms. The SMILES string of the molecule is NC(CC(=O)O)c1cc(O)ccc1Br. The molecule has 14 heavy (non-hydrogen) atoms. The first kappa shape index (κ1) is 11.0. The number of aliphatic carboxylic acids is 1. The van der Waals surface area contributed by atoms with Crippen LogP contribution in [0.2, 0.25) is 0 Å². The fourth-order valence-electron chi connectivity index (χ4n) is 1.11. The molecule has 0 amide bonds. The monoisotopic (exact) mass is 259 g/mol. The summed E-state index contributed by atoms with van der Waals surface area (Å²) < 4.78 is 0.698. The maximum atomic E-state index is 10.4. The van der Waals surface area contributed by atoms with Gasteiger partial charge in [0.25, 0.3) is 0 Å². The number of carboxylic acids is 1. The van der Waals surface area contributed by atoms with Crippen LogP contribution in [0.15, 0.2) is 22.7 Å². The van der Waals surface area contributed by atoms with Crippen molar-refractivity contribution in [3.8, 4) is 5.75 Å². The Bertz CT molecular complexity index is 354. The summed E-state index contributed by atoms with van der Waals surface area (Å²) in [6.07, 6.45) is -0.165. The van der Waals surface area contributed by atoms with Gasteiger partial charge in [-0.3, -0.25) is 4.79 Å². The molecular weight excluding hydrogens is 250 g/mol. The molecule has 4 N–H and O–H groups in total. The molecule has 1 unspecified atom stereocenters. The average molecular weight is 260 g/mol. The van der Waals surface area contributed by atoms with Gasteiger partial charge in [0, 0.05) is 10.5 Å². The second-order valence-electron chi connectivity index (χ2n) is 2.91. The third-order valence-corrected chi connectivity index (χ3v) is 2.50. The lowest BCUT2D eigenvalue weighted by molar-refractivity contribution is -0.137. The van der Waals surface area contributed by atoms with E-state index in [9.17, 15) is 9.90 Å². The van der Waals surface area contributed by atoms with Gasteiger partial charge in [-0.2, -0.15) is 0 Å². The lowest BCUT2D eigenvalue weighted by atomic mass is 10.0. The van der Waals surface area contributed by atoms with Crippen LogP contribution in [-0.4, -0.2) is 16.2 Å². The van der Waals surface area contributed by atoms with Gasteiger partial charge in [0.2, 0.25) is 0 Å². The Kier molecular flexibility index (Phi) is 3.49. The van der Waals surface area contributed by atoms with Crippen LogP contribution in [0, 0.1) is 0 Å². The third kappa shape index (κ3) is 2.71. The van der Waals surface area contributed by atoms with Crippen LogP contribution in [0.4, 0.5) is 0 Å². The van der Waals surface area contributed by atoms with Crippen molar-refractivity contribution in [1.82, 2.24) is 0 Å². The summed E-state index contributed by atoms with van der Waals surface area (Å²) >= 11 is 3.24. The number of aromatic hydroxyl groups is 1. The quantitative estimate of drug-likeness (QED) is 0.771. The number of carbonyl (C=O) groups is 1. The molecule has 0 spiro atoms. The number of hydrogen-bond acceptors (Lipinski definition) is 3. The standard InChI is InChI=1S/C9H10BrNO3/c10-7-2-1-5(12)3-6(7)8(11)4-9(13)14/h1-3,8,12H,4,11H2,(H,13,14). The van der Waals surface area contributed by atoms with Crippen LogP contribution in [0.1, 0.15) is 18.0 Å². The highest BCUT2D eigenvalue weighted by Crippen LogP contribution is 2.27. The predicted molar refractivity (Wildman–Crippen MR) is 55.0 cm³/mol. The van der Waals surface area contributed by atoms with Crippen LogP contribution < -0.4 is 5.73 Å². The Morgan fingerprint density at radius 3 is 2.79 bits per heavy atom. The summed E-state index contributed by atoms with van der Waals surface area (Å²) in [5.41, 5.74) is 6.23. The molecule has 0 bridgehead atoms. The van der Waals surface area contributed by atoms with Crippen molar-refractivity contribution in [2.45, 2.75) is 12.5 Å². The zero-order valence-electron chi connectivity index (χ0n) is 7.27. The van der Waals surface area contributed by atoms with E-state index in [1.807, 2.05) is 0 Å². The minimum absolute atomic E-state index is 0.0732. The first-order valence-electron chi connectivity index (χ1n) is 3.96. The highest BCUT2D eigenvalue weighted by Gasteiger charge is 2.13. The maximum absolute atomic E-state index is 10.4. The smallest absolute Gasteiger partial charge is 0.305 e. The molecule has 0 fully saturated rings. The number of rotatable bonds is 3. The van der Waals surface area contributed by atoms with Gasteiger partial charge < -0.3 is 15.9 Å². The lowest BCUT2D eigenvalue weighted by Crippen LogP contribution is -2.15. The number of halogens is 1. The van der Waals surface area contributed by atoms with Gasteiger partial charge in [0.05, 0.1) is 6.42 Å². The van der Waals surface area contributed by atoms with Crippen molar-refractivity contribution >= 4 is 21.9 Å². The summed E-state index contributed by atoms with van der Waals surface area (Å²) in [5, 5.41) is 17.7.